The van der Waals surface area contributed by atoms with Crippen LogP contribution in [0.25, 0.3) is 101 Å². The predicted molar refractivity (Wildman–Crippen MR) is 251 cm³/mol. The zero-order chi connectivity index (χ0) is 40.8. The lowest BCUT2D eigenvalue weighted by Gasteiger charge is -2.31. The second-order valence-electron chi connectivity index (χ2n) is 16.2. The lowest BCUT2D eigenvalue weighted by molar-refractivity contribution is 0.670. The molecule has 4 nitrogen and oxygen atoms in total. The first-order valence-corrected chi connectivity index (χ1v) is 21.1. The number of benzene rings is 9. The van der Waals surface area contributed by atoms with E-state index in [1.165, 1.54) is 44.5 Å². The molecule has 0 saturated heterocycles. The molecule has 13 rings (SSSR count). The second-order valence-corrected chi connectivity index (χ2v) is 16.2. The summed E-state index contributed by atoms with van der Waals surface area (Å²) in [4.78, 5) is 15.0. The van der Waals surface area contributed by atoms with Gasteiger partial charge in [0.25, 0.3) is 0 Å². The zero-order valence-electron chi connectivity index (χ0n) is 33.5. The average Bonchev–Trinajstić information content (AvgIpc) is 3.98. The van der Waals surface area contributed by atoms with Crippen LogP contribution in [0.2, 0.25) is 0 Å². The highest BCUT2D eigenvalue weighted by Gasteiger charge is 2.51. The highest BCUT2D eigenvalue weighted by atomic mass is 16.3. The second kappa shape index (κ2) is 13.4. The number of hydrogen-bond donors (Lipinski definition) is 0. The summed E-state index contributed by atoms with van der Waals surface area (Å²) >= 11 is 0. The van der Waals surface area contributed by atoms with E-state index in [4.69, 9.17) is 19.4 Å². The number of furan rings is 1. The quantitative estimate of drug-likeness (QED) is 0.174. The molecule has 0 fully saturated rings. The van der Waals surface area contributed by atoms with Gasteiger partial charge in [-0.15, -0.1) is 0 Å². The number of aromatic nitrogens is 3. The molecule has 2 aliphatic rings. The maximum Gasteiger partial charge on any atom is 0.164 e. The van der Waals surface area contributed by atoms with Gasteiger partial charge in [0, 0.05) is 33.0 Å². The van der Waals surface area contributed by atoms with Crippen LogP contribution in [0, 0.1) is 0 Å². The summed E-state index contributed by atoms with van der Waals surface area (Å²) in [5.74, 6) is 1.90. The molecule has 288 valence electrons. The minimum atomic E-state index is -0.482. The van der Waals surface area contributed by atoms with Crippen LogP contribution in [0.3, 0.4) is 0 Å². The summed E-state index contributed by atoms with van der Waals surface area (Å²) < 4.78 is 6.75. The molecule has 2 aliphatic carbocycles. The van der Waals surface area contributed by atoms with Crippen molar-refractivity contribution in [1.82, 2.24) is 15.0 Å². The van der Waals surface area contributed by atoms with Gasteiger partial charge >= 0.3 is 0 Å². The molecule has 2 heterocycles. The number of hydrogen-bond acceptors (Lipinski definition) is 4. The van der Waals surface area contributed by atoms with Crippen LogP contribution in [0.15, 0.2) is 217 Å². The van der Waals surface area contributed by atoms with Crippen LogP contribution < -0.4 is 0 Å². The minimum Gasteiger partial charge on any atom is -0.455 e. The fourth-order valence-corrected chi connectivity index (χ4v) is 10.3. The molecule has 1 spiro atoms. The third-order valence-electron chi connectivity index (χ3n) is 13.0. The van der Waals surface area contributed by atoms with E-state index in [2.05, 4.69) is 146 Å². The zero-order valence-corrected chi connectivity index (χ0v) is 33.5. The number of nitrogens with zero attached hydrogens (tertiary/aromatic N) is 3. The third-order valence-corrected chi connectivity index (χ3v) is 13.0. The first-order chi connectivity index (χ1) is 30.7. The number of rotatable bonds is 5. The van der Waals surface area contributed by atoms with Crippen molar-refractivity contribution in [1.29, 1.82) is 0 Å². The topological polar surface area (TPSA) is 51.8 Å². The molecule has 0 aliphatic heterocycles. The Labute approximate surface area is 358 Å². The Bertz CT molecular complexity index is 3470. The normalized spacial score (nSPS) is 13.0. The molecule has 0 radical (unpaired) electrons. The van der Waals surface area contributed by atoms with E-state index in [-0.39, 0.29) is 0 Å². The van der Waals surface area contributed by atoms with Gasteiger partial charge in [0.15, 0.2) is 17.5 Å². The fourth-order valence-electron chi connectivity index (χ4n) is 10.3. The molecule has 4 heteroatoms. The average molecular weight is 790 g/mol. The van der Waals surface area contributed by atoms with Gasteiger partial charge in [-0.05, 0) is 79.4 Å². The molecule has 9 aromatic carbocycles. The molecule has 0 bridgehead atoms. The Balaban J connectivity index is 1.06. The maximum atomic E-state index is 6.75. The SMILES string of the molecule is c1ccc(-c2nc(-c3ccccc3)nc(-c3ccc(-c4cc5c(cc4-c4cccc6c4oc4ccccc46)-c4ccccc4C54c5ccccc5-c5ccccc54)cc3)n2)cc1. The van der Waals surface area contributed by atoms with Gasteiger partial charge in [-0.25, -0.2) is 15.0 Å². The molecule has 0 saturated carbocycles. The van der Waals surface area contributed by atoms with Crippen molar-refractivity contribution in [3.63, 3.8) is 0 Å². The van der Waals surface area contributed by atoms with Crippen molar-refractivity contribution in [2.75, 3.05) is 0 Å². The van der Waals surface area contributed by atoms with E-state index < -0.39 is 5.41 Å². The Morgan fingerprint density at radius 3 is 1.34 bits per heavy atom. The van der Waals surface area contributed by atoms with Crippen LogP contribution in [0.4, 0.5) is 0 Å². The summed E-state index contributed by atoms with van der Waals surface area (Å²) in [6, 6.07) is 75.7. The number of fused-ring (bicyclic) bond motifs is 13. The van der Waals surface area contributed by atoms with E-state index in [0.717, 1.165) is 60.9 Å². The van der Waals surface area contributed by atoms with Crippen molar-refractivity contribution in [2.45, 2.75) is 5.41 Å². The molecular formula is C58H35N3O. The van der Waals surface area contributed by atoms with Crippen molar-refractivity contribution in [3.05, 3.63) is 235 Å². The van der Waals surface area contributed by atoms with Gasteiger partial charge in [-0.1, -0.05) is 194 Å². The fraction of sp³-hybridized carbons (Fsp3) is 0.0172. The van der Waals surface area contributed by atoms with Gasteiger partial charge in [-0.2, -0.15) is 0 Å². The van der Waals surface area contributed by atoms with Crippen LogP contribution >= 0.6 is 0 Å². The van der Waals surface area contributed by atoms with Crippen LogP contribution in [0.5, 0.6) is 0 Å². The van der Waals surface area contributed by atoms with Gasteiger partial charge in [0.05, 0.1) is 5.41 Å². The van der Waals surface area contributed by atoms with Gasteiger partial charge in [0.1, 0.15) is 11.2 Å². The molecule has 2 aromatic heterocycles. The lowest BCUT2D eigenvalue weighted by atomic mass is 9.70. The number of para-hydroxylation sites is 2. The molecule has 0 unspecified atom stereocenters. The molecule has 0 amide bonds. The van der Waals surface area contributed by atoms with Gasteiger partial charge < -0.3 is 4.42 Å². The Morgan fingerprint density at radius 2 is 0.742 bits per heavy atom. The summed E-state index contributed by atoms with van der Waals surface area (Å²) in [5, 5.41) is 2.22. The first-order valence-electron chi connectivity index (χ1n) is 21.1. The van der Waals surface area contributed by atoms with Crippen molar-refractivity contribution < 1.29 is 4.42 Å². The van der Waals surface area contributed by atoms with Crippen molar-refractivity contribution in [3.8, 4) is 78.7 Å². The smallest absolute Gasteiger partial charge is 0.164 e. The van der Waals surface area contributed by atoms with Crippen molar-refractivity contribution >= 4 is 21.9 Å². The summed E-state index contributed by atoms with van der Waals surface area (Å²) in [6.45, 7) is 0. The van der Waals surface area contributed by atoms with E-state index in [1.807, 2.05) is 66.7 Å². The first kappa shape index (κ1) is 34.6. The summed E-state index contributed by atoms with van der Waals surface area (Å²) in [6.07, 6.45) is 0. The standard InChI is InChI=1S/C58H35N3O/c1-3-16-37(17-4-1)55-59-56(38-18-5-2-6-19-38)61-57(60-55)39-32-30-36(31-33-39)46-35-52-48(34-47(46)45-25-15-24-44-43-23-10-14-29-53(43)62-54(44)45)42-22-9-13-28-51(42)58(52)49-26-11-7-20-40(49)41-21-8-12-27-50(41)58/h1-35H. The summed E-state index contributed by atoms with van der Waals surface area (Å²) in [7, 11) is 0. The van der Waals surface area contributed by atoms with Gasteiger partial charge in [-0.3, -0.25) is 0 Å². The van der Waals surface area contributed by atoms with Crippen LogP contribution in [-0.4, -0.2) is 15.0 Å². The lowest BCUT2D eigenvalue weighted by Crippen LogP contribution is -2.25. The minimum absolute atomic E-state index is 0.482. The molecule has 0 atom stereocenters. The van der Waals surface area contributed by atoms with Crippen LogP contribution in [-0.2, 0) is 5.41 Å². The highest BCUT2D eigenvalue weighted by molar-refractivity contribution is 6.11. The summed E-state index contributed by atoms with van der Waals surface area (Å²) in [5.41, 5.74) is 18.8. The predicted octanol–water partition coefficient (Wildman–Crippen LogP) is 14.4. The Kier molecular flexibility index (Phi) is 7.49. The third kappa shape index (κ3) is 4.98. The van der Waals surface area contributed by atoms with E-state index in [0.29, 0.717) is 17.5 Å². The molecule has 11 aromatic rings. The molecule has 62 heavy (non-hydrogen) atoms. The van der Waals surface area contributed by atoms with E-state index >= 15 is 0 Å². The van der Waals surface area contributed by atoms with Gasteiger partial charge in [0.2, 0.25) is 0 Å². The molecule has 0 N–H and O–H groups in total. The largest absolute Gasteiger partial charge is 0.455 e. The highest BCUT2D eigenvalue weighted by Crippen LogP contribution is 2.64. The Hall–Kier alpha value is -8.21. The van der Waals surface area contributed by atoms with Crippen LogP contribution in [0.1, 0.15) is 22.3 Å². The molecular weight excluding hydrogens is 755 g/mol. The monoisotopic (exact) mass is 789 g/mol. The van der Waals surface area contributed by atoms with Crippen molar-refractivity contribution in [2.24, 2.45) is 0 Å². The van der Waals surface area contributed by atoms with E-state index in [9.17, 15) is 0 Å². The maximum absolute atomic E-state index is 6.75. The van der Waals surface area contributed by atoms with E-state index in [1.54, 1.807) is 0 Å². The Morgan fingerprint density at radius 1 is 0.290 bits per heavy atom.